The van der Waals surface area contributed by atoms with E-state index in [-0.39, 0.29) is 12.1 Å². The fraction of sp³-hybridized carbons (Fsp3) is 0.526. The predicted octanol–water partition coefficient (Wildman–Crippen LogP) is 2.57. The highest BCUT2D eigenvalue weighted by atomic mass is 16.5. The smallest absolute Gasteiger partial charge is 0.317 e. The standard InChI is InChI=1S/C19H25N5O2/c25-19(21-11-16-10-18(23-22-16)14-6-7-14)24-9-3-5-17(12-24)26-13-15-4-1-2-8-20-15/h1-2,4,8,10,14,17H,3,5-7,9,11-13H2,(H,21,25)(H,22,23)/t17-/m0/s1. The largest absolute Gasteiger partial charge is 0.370 e. The summed E-state index contributed by atoms with van der Waals surface area (Å²) in [5.41, 5.74) is 3.00. The Morgan fingerprint density at radius 1 is 1.35 bits per heavy atom. The number of pyridine rings is 1. The Kier molecular flexibility index (Phi) is 5.15. The fourth-order valence-electron chi connectivity index (χ4n) is 3.29. The van der Waals surface area contributed by atoms with Crippen LogP contribution in [-0.4, -0.2) is 45.3 Å². The fourth-order valence-corrected chi connectivity index (χ4v) is 3.29. The third-order valence-corrected chi connectivity index (χ3v) is 4.93. The summed E-state index contributed by atoms with van der Waals surface area (Å²) in [5.74, 6) is 0.620. The molecule has 7 nitrogen and oxygen atoms in total. The molecule has 1 aliphatic carbocycles. The topological polar surface area (TPSA) is 83.1 Å². The van der Waals surface area contributed by atoms with Gasteiger partial charge in [0.25, 0.3) is 0 Å². The minimum absolute atomic E-state index is 0.0429. The van der Waals surface area contributed by atoms with Crippen LogP contribution in [0.5, 0.6) is 0 Å². The van der Waals surface area contributed by atoms with Crippen molar-refractivity contribution < 1.29 is 9.53 Å². The molecule has 1 atom stereocenters. The Balaban J connectivity index is 1.23. The Hall–Kier alpha value is -2.41. The Bertz CT molecular complexity index is 729. The molecule has 0 aromatic carbocycles. The van der Waals surface area contributed by atoms with Crippen molar-refractivity contribution in [3.05, 3.63) is 47.5 Å². The first kappa shape index (κ1) is 17.0. The van der Waals surface area contributed by atoms with Gasteiger partial charge in [-0.3, -0.25) is 10.1 Å². The van der Waals surface area contributed by atoms with Crippen LogP contribution in [0.4, 0.5) is 4.79 Å². The molecule has 3 heterocycles. The van der Waals surface area contributed by atoms with Crippen LogP contribution in [0, 0.1) is 0 Å². The number of H-pyrrole nitrogens is 1. The normalized spacial score (nSPS) is 20.2. The molecule has 7 heteroatoms. The number of aromatic nitrogens is 3. The predicted molar refractivity (Wildman–Crippen MR) is 96.4 cm³/mol. The number of rotatable bonds is 6. The number of nitrogens with one attached hydrogen (secondary N) is 2. The van der Waals surface area contributed by atoms with E-state index in [1.807, 2.05) is 23.1 Å². The van der Waals surface area contributed by atoms with Gasteiger partial charge in [0.2, 0.25) is 0 Å². The molecule has 2 fully saturated rings. The van der Waals surface area contributed by atoms with Gasteiger partial charge >= 0.3 is 6.03 Å². The zero-order valence-electron chi connectivity index (χ0n) is 14.9. The number of likely N-dealkylation sites (tertiary alicyclic amines) is 1. The molecule has 26 heavy (non-hydrogen) atoms. The van der Waals surface area contributed by atoms with E-state index in [1.54, 1.807) is 6.20 Å². The van der Waals surface area contributed by atoms with Crippen LogP contribution in [0.25, 0.3) is 0 Å². The lowest BCUT2D eigenvalue weighted by atomic mass is 10.1. The maximum atomic E-state index is 12.5. The molecule has 4 rings (SSSR count). The van der Waals surface area contributed by atoms with Crippen LogP contribution >= 0.6 is 0 Å². The number of amides is 2. The maximum absolute atomic E-state index is 12.5. The number of hydrogen-bond acceptors (Lipinski definition) is 4. The van der Waals surface area contributed by atoms with E-state index < -0.39 is 0 Å². The zero-order chi connectivity index (χ0) is 17.8. The second-order valence-electron chi connectivity index (χ2n) is 7.09. The molecule has 2 aromatic rings. The van der Waals surface area contributed by atoms with Gasteiger partial charge in [-0.2, -0.15) is 5.10 Å². The highest BCUT2D eigenvalue weighted by molar-refractivity contribution is 5.74. The molecule has 2 aliphatic rings. The van der Waals surface area contributed by atoms with E-state index in [0.29, 0.717) is 25.6 Å². The van der Waals surface area contributed by atoms with Crippen LogP contribution in [0.1, 0.15) is 48.7 Å². The van der Waals surface area contributed by atoms with Crippen molar-refractivity contribution in [3.63, 3.8) is 0 Å². The second kappa shape index (κ2) is 7.86. The molecule has 1 saturated carbocycles. The summed E-state index contributed by atoms with van der Waals surface area (Å²) in [6.45, 7) is 2.36. The highest BCUT2D eigenvalue weighted by Crippen LogP contribution is 2.38. The van der Waals surface area contributed by atoms with Crippen molar-refractivity contribution in [1.29, 1.82) is 0 Å². The number of urea groups is 1. The van der Waals surface area contributed by atoms with Gasteiger partial charge in [-0.15, -0.1) is 0 Å². The SMILES string of the molecule is O=C(NCc1cc(C2CC2)n[nH]1)N1CCC[C@H](OCc2ccccn2)C1. The summed E-state index contributed by atoms with van der Waals surface area (Å²) in [6.07, 6.45) is 6.21. The summed E-state index contributed by atoms with van der Waals surface area (Å²) < 4.78 is 5.95. The van der Waals surface area contributed by atoms with Gasteiger partial charge in [-0.05, 0) is 43.9 Å². The lowest BCUT2D eigenvalue weighted by Gasteiger charge is -2.32. The lowest BCUT2D eigenvalue weighted by molar-refractivity contribution is -0.00168. The van der Waals surface area contributed by atoms with Crippen LogP contribution < -0.4 is 5.32 Å². The second-order valence-corrected chi connectivity index (χ2v) is 7.09. The minimum Gasteiger partial charge on any atom is -0.370 e. The number of hydrogen-bond donors (Lipinski definition) is 2. The number of aromatic amines is 1. The molecule has 0 bridgehead atoms. The van der Waals surface area contributed by atoms with Crippen LogP contribution in [0.3, 0.4) is 0 Å². The summed E-state index contributed by atoms with van der Waals surface area (Å²) in [7, 11) is 0. The molecule has 0 unspecified atom stereocenters. The molecule has 1 saturated heterocycles. The molecular weight excluding hydrogens is 330 g/mol. The first-order valence-corrected chi connectivity index (χ1v) is 9.36. The van der Waals surface area contributed by atoms with Crippen molar-refractivity contribution >= 4 is 6.03 Å². The van der Waals surface area contributed by atoms with Crippen LogP contribution in [0.2, 0.25) is 0 Å². The summed E-state index contributed by atoms with van der Waals surface area (Å²) in [4.78, 5) is 18.6. The number of carbonyl (C=O) groups is 1. The van der Waals surface area contributed by atoms with E-state index in [1.165, 1.54) is 12.8 Å². The number of nitrogens with zero attached hydrogens (tertiary/aromatic N) is 3. The molecule has 2 N–H and O–H groups in total. The van der Waals surface area contributed by atoms with Gasteiger partial charge in [0.1, 0.15) is 0 Å². The van der Waals surface area contributed by atoms with Crippen LogP contribution in [-0.2, 0) is 17.9 Å². The molecule has 2 amide bonds. The van der Waals surface area contributed by atoms with Gasteiger partial charge in [0.05, 0.1) is 36.3 Å². The van der Waals surface area contributed by atoms with E-state index in [4.69, 9.17) is 4.74 Å². The molecule has 0 spiro atoms. The van der Waals surface area contributed by atoms with Crippen molar-refractivity contribution in [2.45, 2.75) is 50.9 Å². The van der Waals surface area contributed by atoms with Crippen molar-refractivity contribution in [1.82, 2.24) is 25.4 Å². The number of piperidine rings is 1. The number of ether oxygens (including phenoxy) is 1. The Morgan fingerprint density at radius 2 is 2.27 bits per heavy atom. The Morgan fingerprint density at radius 3 is 3.08 bits per heavy atom. The summed E-state index contributed by atoms with van der Waals surface area (Å²) >= 11 is 0. The van der Waals surface area contributed by atoms with Crippen molar-refractivity contribution in [2.24, 2.45) is 0 Å². The first-order valence-electron chi connectivity index (χ1n) is 9.36. The van der Waals surface area contributed by atoms with E-state index in [9.17, 15) is 4.79 Å². The van der Waals surface area contributed by atoms with Gasteiger partial charge in [0.15, 0.2) is 0 Å². The third kappa shape index (κ3) is 4.40. The van der Waals surface area contributed by atoms with E-state index >= 15 is 0 Å². The highest BCUT2D eigenvalue weighted by Gasteiger charge is 2.27. The van der Waals surface area contributed by atoms with Gasteiger partial charge in [0, 0.05) is 25.2 Å². The molecule has 138 valence electrons. The zero-order valence-corrected chi connectivity index (χ0v) is 14.9. The average Bonchev–Trinajstić information content (AvgIpc) is 3.44. The maximum Gasteiger partial charge on any atom is 0.317 e. The van der Waals surface area contributed by atoms with E-state index in [0.717, 1.165) is 36.5 Å². The molecule has 1 aliphatic heterocycles. The quantitative estimate of drug-likeness (QED) is 0.834. The first-order chi connectivity index (χ1) is 12.8. The molecule has 2 aromatic heterocycles. The molecular formula is C19H25N5O2. The average molecular weight is 355 g/mol. The summed E-state index contributed by atoms with van der Waals surface area (Å²) in [6, 6.07) is 7.82. The number of carbonyl (C=O) groups excluding carboxylic acids is 1. The van der Waals surface area contributed by atoms with E-state index in [2.05, 4.69) is 26.6 Å². The van der Waals surface area contributed by atoms with Crippen molar-refractivity contribution in [3.8, 4) is 0 Å². The Labute approximate surface area is 153 Å². The van der Waals surface area contributed by atoms with Gasteiger partial charge in [-0.1, -0.05) is 6.07 Å². The monoisotopic (exact) mass is 355 g/mol. The lowest BCUT2D eigenvalue weighted by Crippen LogP contribution is -2.47. The molecule has 0 radical (unpaired) electrons. The van der Waals surface area contributed by atoms with Crippen LogP contribution in [0.15, 0.2) is 30.5 Å². The van der Waals surface area contributed by atoms with Gasteiger partial charge in [-0.25, -0.2) is 4.79 Å². The summed E-state index contributed by atoms with van der Waals surface area (Å²) in [5, 5.41) is 10.3. The minimum atomic E-state index is -0.0429. The third-order valence-electron chi connectivity index (χ3n) is 4.93. The van der Waals surface area contributed by atoms with Gasteiger partial charge < -0.3 is 15.0 Å². The van der Waals surface area contributed by atoms with Crippen molar-refractivity contribution in [2.75, 3.05) is 13.1 Å².